The van der Waals surface area contributed by atoms with Crippen molar-refractivity contribution in [2.45, 2.75) is 19.8 Å². The van der Waals surface area contributed by atoms with Crippen molar-refractivity contribution >= 4 is 11.9 Å². The highest BCUT2D eigenvalue weighted by Crippen LogP contribution is 2.47. The molecule has 1 unspecified atom stereocenters. The normalized spacial score (nSPS) is 23.8. The first-order valence-electron chi connectivity index (χ1n) is 6.15. The van der Waals surface area contributed by atoms with Crippen LogP contribution in [-0.2, 0) is 19.1 Å². The highest BCUT2D eigenvalue weighted by atomic mass is 16.5. The highest BCUT2D eigenvalue weighted by molar-refractivity contribution is 6.01. The van der Waals surface area contributed by atoms with Gasteiger partial charge < -0.3 is 14.6 Å². The van der Waals surface area contributed by atoms with Crippen molar-refractivity contribution < 1.29 is 24.2 Å². The molecule has 0 bridgehead atoms. The zero-order chi connectivity index (χ0) is 14.5. The molecule has 106 valence electrons. The summed E-state index contributed by atoms with van der Waals surface area (Å²) in [6.07, 6.45) is 5.91. The van der Waals surface area contributed by atoms with Gasteiger partial charge in [-0.3, -0.25) is 9.59 Å². The third kappa shape index (κ3) is 2.87. The Morgan fingerprint density at radius 3 is 2.37 bits per heavy atom. The van der Waals surface area contributed by atoms with Gasteiger partial charge in [0.25, 0.3) is 0 Å². The Morgan fingerprint density at radius 1 is 1.37 bits per heavy atom. The van der Waals surface area contributed by atoms with E-state index in [0.29, 0.717) is 12.8 Å². The van der Waals surface area contributed by atoms with Gasteiger partial charge in [-0.2, -0.15) is 0 Å². The molecule has 5 heteroatoms. The maximum absolute atomic E-state index is 12.0. The standard InChI is InChI=1S/C14H20O5/c1-4-10-8-14(12(16)18-2,13(17)19-3)9-11(10)6-5-7-15/h4-6,11,15H,7-9H2,1-3H3/b6-5+,10-4+. The van der Waals surface area contributed by atoms with Crippen molar-refractivity contribution in [2.24, 2.45) is 11.3 Å². The fraction of sp³-hybridized carbons (Fsp3) is 0.571. The number of aliphatic hydroxyl groups excluding tert-OH is 1. The monoisotopic (exact) mass is 268 g/mol. The second-order valence-corrected chi connectivity index (χ2v) is 4.53. The first kappa shape index (κ1) is 15.4. The van der Waals surface area contributed by atoms with E-state index in [-0.39, 0.29) is 12.5 Å². The topological polar surface area (TPSA) is 72.8 Å². The molecule has 0 spiro atoms. The van der Waals surface area contributed by atoms with Crippen LogP contribution in [0.1, 0.15) is 19.8 Å². The number of ether oxygens (including phenoxy) is 2. The number of methoxy groups -OCH3 is 2. The number of hydrogen-bond acceptors (Lipinski definition) is 5. The summed E-state index contributed by atoms with van der Waals surface area (Å²) in [4.78, 5) is 24.0. The van der Waals surface area contributed by atoms with Crippen LogP contribution in [0.25, 0.3) is 0 Å². The van der Waals surface area contributed by atoms with E-state index in [1.165, 1.54) is 14.2 Å². The lowest BCUT2D eigenvalue weighted by atomic mass is 9.85. The summed E-state index contributed by atoms with van der Waals surface area (Å²) in [6, 6.07) is 0. The average Bonchev–Trinajstić information content (AvgIpc) is 2.83. The van der Waals surface area contributed by atoms with Gasteiger partial charge in [-0.25, -0.2) is 0 Å². The van der Waals surface area contributed by atoms with E-state index >= 15 is 0 Å². The summed E-state index contributed by atoms with van der Waals surface area (Å²) in [5.41, 5.74) is -0.295. The van der Waals surface area contributed by atoms with E-state index in [4.69, 9.17) is 14.6 Å². The summed E-state index contributed by atoms with van der Waals surface area (Å²) in [7, 11) is 2.53. The molecule has 1 aliphatic rings. The third-order valence-electron chi connectivity index (χ3n) is 3.55. The first-order valence-corrected chi connectivity index (χ1v) is 6.15. The van der Waals surface area contributed by atoms with Crippen molar-refractivity contribution in [3.05, 3.63) is 23.8 Å². The van der Waals surface area contributed by atoms with Crippen molar-refractivity contribution in [2.75, 3.05) is 20.8 Å². The molecule has 1 fully saturated rings. The van der Waals surface area contributed by atoms with Gasteiger partial charge in [0.1, 0.15) is 0 Å². The fourth-order valence-corrected chi connectivity index (χ4v) is 2.58. The van der Waals surface area contributed by atoms with Crippen LogP contribution in [-0.4, -0.2) is 37.9 Å². The molecule has 0 saturated heterocycles. The summed E-state index contributed by atoms with van der Waals surface area (Å²) < 4.78 is 9.53. The Morgan fingerprint density at radius 2 is 1.95 bits per heavy atom. The molecule has 0 aromatic rings. The van der Waals surface area contributed by atoms with Crippen LogP contribution in [0.4, 0.5) is 0 Å². The quantitative estimate of drug-likeness (QED) is 0.471. The molecule has 0 heterocycles. The van der Waals surface area contributed by atoms with Gasteiger partial charge in [0.2, 0.25) is 0 Å². The SMILES string of the molecule is C/C=C1\CC(C(=O)OC)(C(=O)OC)CC1/C=C/CO. The van der Waals surface area contributed by atoms with Crippen LogP contribution < -0.4 is 0 Å². The fourth-order valence-electron chi connectivity index (χ4n) is 2.58. The van der Waals surface area contributed by atoms with E-state index in [9.17, 15) is 9.59 Å². The molecule has 0 aromatic heterocycles. The van der Waals surface area contributed by atoms with E-state index in [1.807, 2.05) is 19.1 Å². The van der Waals surface area contributed by atoms with Crippen molar-refractivity contribution in [1.29, 1.82) is 0 Å². The number of hydrogen-bond donors (Lipinski definition) is 1. The summed E-state index contributed by atoms with van der Waals surface area (Å²) >= 11 is 0. The molecule has 1 aliphatic carbocycles. The molecule has 1 saturated carbocycles. The molecule has 0 aliphatic heterocycles. The van der Waals surface area contributed by atoms with Crippen LogP contribution in [0.15, 0.2) is 23.8 Å². The summed E-state index contributed by atoms with van der Waals surface area (Å²) in [5.74, 6) is -1.20. The van der Waals surface area contributed by atoms with Crippen LogP contribution in [0.3, 0.4) is 0 Å². The smallest absolute Gasteiger partial charge is 0.323 e. The highest BCUT2D eigenvalue weighted by Gasteiger charge is 2.54. The third-order valence-corrected chi connectivity index (χ3v) is 3.55. The molecule has 0 aromatic carbocycles. The number of esters is 2. The van der Waals surface area contributed by atoms with Crippen LogP contribution in [0.5, 0.6) is 0 Å². The zero-order valence-electron chi connectivity index (χ0n) is 11.5. The number of rotatable bonds is 4. The van der Waals surface area contributed by atoms with E-state index in [2.05, 4.69) is 0 Å². The predicted molar refractivity (Wildman–Crippen MR) is 69.2 cm³/mol. The van der Waals surface area contributed by atoms with Gasteiger partial charge in [-0.05, 0) is 25.7 Å². The van der Waals surface area contributed by atoms with Gasteiger partial charge in [0, 0.05) is 0 Å². The van der Waals surface area contributed by atoms with Gasteiger partial charge in [0.15, 0.2) is 5.41 Å². The molecule has 1 N–H and O–H groups in total. The minimum absolute atomic E-state index is 0.0599. The van der Waals surface area contributed by atoms with Gasteiger partial charge in [-0.15, -0.1) is 0 Å². The molecule has 0 amide bonds. The number of carbonyl (C=O) groups is 2. The van der Waals surface area contributed by atoms with Crippen molar-refractivity contribution in [3.8, 4) is 0 Å². The van der Waals surface area contributed by atoms with Gasteiger partial charge in [-0.1, -0.05) is 23.8 Å². The summed E-state index contributed by atoms with van der Waals surface area (Å²) in [5, 5.41) is 8.84. The van der Waals surface area contributed by atoms with Gasteiger partial charge >= 0.3 is 11.9 Å². The second-order valence-electron chi connectivity index (χ2n) is 4.53. The lowest BCUT2D eigenvalue weighted by Crippen LogP contribution is -2.39. The molecule has 1 atom stereocenters. The second kappa shape index (κ2) is 6.52. The predicted octanol–water partition coefficient (Wildman–Crippen LogP) is 1.22. The summed E-state index contributed by atoms with van der Waals surface area (Å²) in [6.45, 7) is 1.79. The lowest BCUT2D eigenvalue weighted by molar-refractivity contribution is -0.168. The van der Waals surface area contributed by atoms with Crippen molar-refractivity contribution in [1.82, 2.24) is 0 Å². The average molecular weight is 268 g/mol. The maximum atomic E-state index is 12.0. The number of aliphatic hydroxyl groups is 1. The van der Waals surface area contributed by atoms with E-state index in [0.717, 1.165) is 5.57 Å². The van der Waals surface area contributed by atoms with E-state index in [1.54, 1.807) is 6.08 Å². The Hall–Kier alpha value is -1.62. The molecule has 19 heavy (non-hydrogen) atoms. The van der Waals surface area contributed by atoms with Gasteiger partial charge in [0.05, 0.1) is 20.8 Å². The lowest BCUT2D eigenvalue weighted by Gasteiger charge is -2.22. The largest absolute Gasteiger partial charge is 0.468 e. The van der Waals surface area contributed by atoms with Crippen LogP contribution >= 0.6 is 0 Å². The minimum Gasteiger partial charge on any atom is -0.468 e. The van der Waals surface area contributed by atoms with Crippen LogP contribution in [0.2, 0.25) is 0 Å². The number of carbonyl (C=O) groups excluding carboxylic acids is 2. The molecular formula is C14H20O5. The molecule has 0 radical (unpaired) electrons. The Bertz CT molecular complexity index is 392. The zero-order valence-corrected chi connectivity index (χ0v) is 11.5. The van der Waals surface area contributed by atoms with Crippen molar-refractivity contribution in [3.63, 3.8) is 0 Å². The molecule has 1 rings (SSSR count). The molecule has 5 nitrogen and oxygen atoms in total. The van der Waals surface area contributed by atoms with E-state index < -0.39 is 17.4 Å². The Balaban J connectivity index is 3.12. The van der Waals surface area contributed by atoms with Crippen LogP contribution in [0, 0.1) is 11.3 Å². The number of allylic oxidation sites excluding steroid dienone is 3. The first-order chi connectivity index (χ1) is 9.05. The Labute approximate surface area is 112 Å². The minimum atomic E-state index is -1.27. The Kier molecular flexibility index (Phi) is 5.30. The molecular weight excluding hydrogens is 248 g/mol. The maximum Gasteiger partial charge on any atom is 0.323 e.